The molecule has 0 saturated heterocycles. The second-order valence-corrected chi connectivity index (χ2v) is 6.28. The molecule has 1 aliphatic rings. The van der Waals surface area contributed by atoms with Gasteiger partial charge in [-0.05, 0) is 31.9 Å². The van der Waals surface area contributed by atoms with Crippen LogP contribution in [-0.2, 0) is 0 Å². The van der Waals surface area contributed by atoms with Crippen LogP contribution in [0.25, 0.3) is 5.95 Å². The van der Waals surface area contributed by atoms with Gasteiger partial charge in [0.25, 0.3) is 11.5 Å². The molecule has 1 aliphatic carbocycles. The molecular weight excluding hydrogens is 337 g/mol. The molecule has 1 fully saturated rings. The molecule has 2 heterocycles. The Balaban J connectivity index is 1.70. The first kappa shape index (κ1) is 16.2. The van der Waals surface area contributed by atoms with E-state index in [0.29, 0.717) is 23.1 Å². The highest BCUT2D eigenvalue weighted by molar-refractivity contribution is 6.04. The van der Waals surface area contributed by atoms with Crippen molar-refractivity contribution in [2.75, 3.05) is 5.32 Å². The third-order valence-corrected chi connectivity index (χ3v) is 4.14. The number of benzene rings is 1. The minimum Gasteiger partial charge on any atom is -0.306 e. The maximum Gasteiger partial charge on any atom is 0.259 e. The summed E-state index contributed by atoms with van der Waals surface area (Å²) in [5.41, 5.74) is 0.971. The molecule has 3 aromatic rings. The molecule has 26 heavy (non-hydrogen) atoms. The normalized spacial score (nSPS) is 13.6. The first-order valence-electron chi connectivity index (χ1n) is 8.25. The highest BCUT2D eigenvalue weighted by Crippen LogP contribution is 2.38. The number of amides is 1. The van der Waals surface area contributed by atoms with Gasteiger partial charge >= 0.3 is 0 Å². The summed E-state index contributed by atoms with van der Waals surface area (Å²) in [6, 6.07) is 8.82. The molecule has 0 radical (unpaired) electrons. The minimum absolute atomic E-state index is 0.0777. The molecule has 2 N–H and O–H groups in total. The molecule has 0 bridgehead atoms. The Morgan fingerprint density at radius 2 is 2.08 bits per heavy atom. The van der Waals surface area contributed by atoms with E-state index in [9.17, 15) is 14.0 Å². The first-order chi connectivity index (χ1) is 12.5. The van der Waals surface area contributed by atoms with E-state index < -0.39 is 11.7 Å². The molecule has 8 heteroatoms. The van der Waals surface area contributed by atoms with Crippen LogP contribution < -0.4 is 10.9 Å². The summed E-state index contributed by atoms with van der Waals surface area (Å²) in [7, 11) is 0. The summed E-state index contributed by atoms with van der Waals surface area (Å²) < 4.78 is 15.2. The molecule has 2 aromatic heterocycles. The molecule has 1 aromatic carbocycles. The number of carbonyl (C=O) groups excluding carboxylic acids is 1. The smallest absolute Gasteiger partial charge is 0.259 e. The van der Waals surface area contributed by atoms with Gasteiger partial charge in [0, 0.05) is 18.1 Å². The number of carbonyl (C=O) groups is 1. The second-order valence-electron chi connectivity index (χ2n) is 6.28. The van der Waals surface area contributed by atoms with Gasteiger partial charge in [0.2, 0.25) is 5.95 Å². The fourth-order valence-corrected chi connectivity index (χ4v) is 2.73. The lowest BCUT2D eigenvalue weighted by atomic mass is 10.2. The third-order valence-electron chi connectivity index (χ3n) is 4.14. The maximum atomic E-state index is 13.8. The van der Waals surface area contributed by atoms with Crippen LogP contribution in [0.5, 0.6) is 0 Å². The maximum absolute atomic E-state index is 13.8. The molecule has 0 aliphatic heterocycles. The lowest BCUT2D eigenvalue weighted by Gasteiger charge is -2.09. The van der Waals surface area contributed by atoms with Gasteiger partial charge < -0.3 is 5.32 Å². The number of rotatable bonds is 4. The Labute approximate surface area is 147 Å². The van der Waals surface area contributed by atoms with Crippen molar-refractivity contribution < 1.29 is 9.18 Å². The zero-order valence-electron chi connectivity index (χ0n) is 14.0. The van der Waals surface area contributed by atoms with Gasteiger partial charge in [-0.15, -0.1) is 0 Å². The number of aryl methyl sites for hydroxylation is 1. The molecular formula is C18H16FN5O2. The van der Waals surface area contributed by atoms with E-state index in [4.69, 9.17) is 0 Å². The van der Waals surface area contributed by atoms with Gasteiger partial charge in [0.15, 0.2) is 0 Å². The van der Waals surface area contributed by atoms with Crippen LogP contribution in [-0.4, -0.2) is 25.7 Å². The Kier molecular flexibility index (Phi) is 3.87. The summed E-state index contributed by atoms with van der Waals surface area (Å²) >= 11 is 0. The zero-order valence-corrected chi connectivity index (χ0v) is 14.0. The van der Waals surface area contributed by atoms with E-state index in [1.807, 2.05) is 0 Å². The lowest BCUT2D eigenvalue weighted by Crippen LogP contribution is -2.19. The van der Waals surface area contributed by atoms with Crippen molar-refractivity contribution in [2.24, 2.45) is 0 Å². The monoisotopic (exact) mass is 353 g/mol. The predicted octanol–water partition coefficient (Wildman–Crippen LogP) is 2.53. The lowest BCUT2D eigenvalue weighted by molar-refractivity contribution is 0.102. The van der Waals surface area contributed by atoms with Crippen LogP contribution in [0.1, 0.15) is 40.5 Å². The number of aromatic amines is 1. The molecule has 7 nitrogen and oxygen atoms in total. The Bertz CT molecular complexity index is 1050. The number of halogens is 1. The molecule has 0 atom stereocenters. The number of hydrogen-bond donors (Lipinski definition) is 2. The van der Waals surface area contributed by atoms with Crippen molar-refractivity contribution in [2.45, 2.75) is 25.7 Å². The fraction of sp³-hybridized carbons (Fsp3) is 0.222. The predicted molar refractivity (Wildman–Crippen MR) is 93.0 cm³/mol. The topological polar surface area (TPSA) is 92.7 Å². The van der Waals surface area contributed by atoms with Gasteiger partial charge in [-0.3, -0.25) is 14.6 Å². The number of anilines is 1. The first-order valence-corrected chi connectivity index (χ1v) is 8.25. The molecule has 1 amide bonds. The van der Waals surface area contributed by atoms with E-state index in [0.717, 1.165) is 12.8 Å². The fourth-order valence-electron chi connectivity index (χ4n) is 2.73. The van der Waals surface area contributed by atoms with E-state index in [2.05, 4.69) is 20.4 Å². The highest BCUT2D eigenvalue weighted by Gasteiger charge is 2.26. The number of aromatic nitrogens is 4. The van der Waals surface area contributed by atoms with Gasteiger partial charge in [-0.25, -0.2) is 9.37 Å². The van der Waals surface area contributed by atoms with Crippen LogP contribution >= 0.6 is 0 Å². The van der Waals surface area contributed by atoms with Gasteiger partial charge in [0.05, 0.1) is 17.0 Å². The molecule has 132 valence electrons. The number of nitrogens with zero attached hydrogens (tertiary/aromatic N) is 3. The van der Waals surface area contributed by atoms with Crippen molar-refractivity contribution in [1.29, 1.82) is 0 Å². The van der Waals surface area contributed by atoms with Gasteiger partial charge in [-0.1, -0.05) is 12.1 Å². The van der Waals surface area contributed by atoms with Crippen molar-refractivity contribution in [3.05, 3.63) is 69.5 Å². The Hall–Kier alpha value is -3.29. The average Bonchev–Trinajstić information content (AvgIpc) is 3.38. The Morgan fingerprint density at radius 1 is 1.31 bits per heavy atom. The summed E-state index contributed by atoms with van der Waals surface area (Å²) in [5, 5.41) is 6.92. The minimum atomic E-state index is -0.616. The van der Waals surface area contributed by atoms with Crippen molar-refractivity contribution in [3.63, 3.8) is 0 Å². The van der Waals surface area contributed by atoms with Crippen LogP contribution in [0.15, 0.2) is 41.2 Å². The number of hydrogen-bond acceptors (Lipinski definition) is 4. The summed E-state index contributed by atoms with van der Waals surface area (Å²) in [5.74, 6) is -0.410. The second kappa shape index (κ2) is 6.21. The Morgan fingerprint density at radius 3 is 2.81 bits per heavy atom. The van der Waals surface area contributed by atoms with Crippen molar-refractivity contribution in [3.8, 4) is 5.95 Å². The van der Waals surface area contributed by atoms with Gasteiger partial charge in [0.1, 0.15) is 11.6 Å². The summed E-state index contributed by atoms with van der Waals surface area (Å²) in [6.45, 7) is 1.75. The number of H-pyrrole nitrogens is 1. The van der Waals surface area contributed by atoms with Gasteiger partial charge in [-0.2, -0.15) is 9.78 Å². The van der Waals surface area contributed by atoms with Crippen LogP contribution in [0.2, 0.25) is 0 Å². The zero-order chi connectivity index (χ0) is 18.3. The van der Waals surface area contributed by atoms with E-state index >= 15 is 0 Å². The molecule has 0 spiro atoms. The largest absolute Gasteiger partial charge is 0.306 e. The molecule has 0 unspecified atom stereocenters. The quantitative estimate of drug-likeness (QED) is 0.754. The number of nitrogens with one attached hydrogen (secondary N) is 2. The third kappa shape index (κ3) is 3.13. The SMILES string of the molecule is Cc1cc(NC(=O)c2ccccc2F)n(-c2nc(C3CC3)cc(=O)[nH]2)n1. The average molecular weight is 353 g/mol. The molecule has 1 saturated carbocycles. The summed E-state index contributed by atoms with van der Waals surface area (Å²) in [4.78, 5) is 31.4. The van der Waals surface area contributed by atoms with E-state index in [-0.39, 0.29) is 17.1 Å². The van der Waals surface area contributed by atoms with E-state index in [1.165, 1.54) is 28.9 Å². The standard InChI is InChI=1S/C18H16FN5O2/c1-10-8-15(21-17(26)12-4-2-3-5-13(12)19)24(23-10)18-20-14(11-6-7-11)9-16(25)22-18/h2-5,8-9,11H,6-7H2,1H3,(H,21,26)(H,20,22,25). The summed E-state index contributed by atoms with van der Waals surface area (Å²) in [6.07, 6.45) is 2.01. The van der Waals surface area contributed by atoms with Crippen LogP contribution in [0, 0.1) is 12.7 Å². The van der Waals surface area contributed by atoms with E-state index in [1.54, 1.807) is 19.1 Å². The highest BCUT2D eigenvalue weighted by atomic mass is 19.1. The molecule has 4 rings (SSSR count). The van der Waals surface area contributed by atoms with Crippen LogP contribution in [0.4, 0.5) is 10.2 Å². The van der Waals surface area contributed by atoms with Crippen molar-refractivity contribution >= 4 is 11.7 Å². The van der Waals surface area contributed by atoms with Crippen LogP contribution in [0.3, 0.4) is 0 Å². The van der Waals surface area contributed by atoms with Crippen molar-refractivity contribution in [1.82, 2.24) is 19.7 Å².